The highest BCUT2D eigenvalue weighted by Crippen LogP contribution is 2.47. The Bertz CT molecular complexity index is 723. The smallest absolute Gasteiger partial charge is 0.242 e. The second-order valence-corrected chi connectivity index (χ2v) is 7.76. The van der Waals surface area contributed by atoms with E-state index in [4.69, 9.17) is 0 Å². The Labute approximate surface area is 160 Å². The maximum absolute atomic E-state index is 13.0. The standard InChI is InChI=1S/C20H28N4O3/c1-14(25)21-11-18(27)24-13-20(22-15(2)26)12-23(3)10-9-17(20)19(24)16-7-5-4-6-8-16/h4-8,17,19H,9-13H2,1-3H3,(H,21,25)(H,22,26)/t17-,19-,20-/m1/s1. The van der Waals surface area contributed by atoms with Gasteiger partial charge in [-0.3, -0.25) is 14.4 Å². The lowest BCUT2D eigenvalue weighted by Gasteiger charge is -2.44. The molecule has 27 heavy (non-hydrogen) atoms. The maximum Gasteiger partial charge on any atom is 0.242 e. The van der Waals surface area contributed by atoms with Crippen LogP contribution >= 0.6 is 0 Å². The molecule has 7 heteroatoms. The van der Waals surface area contributed by atoms with Crippen molar-refractivity contribution in [2.75, 3.05) is 33.2 Å². The number of carbonyl (C=O) groups excluding carboxylic acids is 3. The molecule has 2 aliphatic heterocycles. The van der Waals surface area contributed by atoms with E-state index in [1.165, 1.54) is 13.8 Å². The van der Waals surface area contributed by atoms with Crippen molar-refractivity contribution in [3.8, 4) is 0 Å². The summed E-state index contributed by atoms with van der Waals surface area (Å²) in [5, 5.41) is 5.78. The number of nitrogens with zero attached hydrogens (tertiary/aromatic N) is 2. The Balaban J connectivity index is 1.98. The second kappa shape index (κ2) is 7.68. The van der Waals surface area contributed by atoms with E-state index in [2.05, 4.69) is 15.5 Å². The van der Waals surface area contributed by atoms with Gasteiger partial charge < -0.3 is 20.4 Å². The SMILES string of the molecule is CC(=O)NCC(=O)N1C[C@]2(NC(C)=O)CN(C)CC[C@@H]2[C@H]1c1ccccc1. The fourth-order valence-electron chi connectivity index (χ4n) is 4.69. The molecule has 2 saturated heterocycles. The van der Waals surface area contributed by atoms with E-state index in [0.717, 1.165) is 18.5 Å². The fraction of sp³-hybridized carbons (Fsp3) is 0.550. The summed E-state index contributed by atoms with van der Waals surface area (Å²) in [5.74, 6) is -0.312. The number of rotatable bonds is 4. The van der Waals surface area contributed by atoms with E-state index >= 15 is 0 Å². The molecule has 146 valence electrons. The van der Waals surface area contributed by atoms with Crippen molar-refractivity contribution in [3.63, 3.8) is 0 Å². The predicted molar refractivity (Wildman–Crippen MR) is 102 cm³/mol. The van der Waals surface area contributed by atoms with Crippen molar-refractivity contribution in [1.29, 1.82) is 0 Å². The van der Waals surface area contributed by atoms with E-state index in [-0.39, 0.29) is 36.2 Å². The molecule has 7 nitrogen and oxygen atoms in total. The van der Waals surface area contributed by atoms with Crippen LogP contribution in [0.3, 0.4) is 0 Å². The average Bonchev–Trinajstić information content (AvgIpc) is 2.93. The van der Waals surface area contributed by atoms with Crippen LogP contribution in [0.2, 0.25) is 0 Å². The summed E-state index contributed by atoms with van der Waals surface area (Å²) in [7, 11) is 2.04. The van der Waals surface area contributed by atoms with E-state index in [1.54, 1.807) is 0 Å². The van der Waals surface area contributed by atoms with Gasteiger partial charge in [0, 0.05) is 32.9 Å². The van der Waals surface area contributed by atoms with Gasteiger partial charge >= 0.3 is 0 Å². The fourth-order valence-corrected chi connectivity index (χ4v) is 4.69. The maximum atomic E-state index is 13.0. The van der Waals surface area contributed by atoms with Crippen LogP contribution in [-0.2, 0) is 14.4 Å². The minimum absolute atomic E-state index is 0.0304. The Hall–Kier alpha value is -2.41. The van der Waals surface area contributed by atoms with E-state index in [9.17, 15) is 14.4 Å². The van der Waals surface area contributed by atoms with Crippen LogP contribution in [-0.4, -0.2) is 66.3 Å². The van der Waals surface area contributed by atoms with Crippen molar-refractivity contribution in [1.82, 2.24) is 20.4 Å². The number of benzene rings is 1. The summed E-state index contributed by atoms with van der Waals surface area (Å²) >= 11 is 0. The van der Waals surface area contributed by atoms with Crippen molar-refractivity contribution in [2.45, 2.75) is 31.8 Å². The molecule has 2 heterocycles. The number of amides is 3. The molecule has 3 amide bonds. The summed E-state index contributed by atoms with van der Waals surface area (Å²) < 4.78 is 0. The first-order chi connectivity index (χ1) is 12.8. The third-order valence-corrected chi connectivity index (χ3v) is 5.63. The van der Waals surface area contributed by atoms with Gasteiger partial charge in [-0.05, 0) is 25.6 Å². The minimum atomic E-state index is -0.481. The zero-order chi connectivity index (χ0) is 19.6. The Morgan fingerprint density at radius 2 is 1.81 bits per heavy atom. The molecule has 0 aliphatic carbocycles. The Morgan fingerprint density at radius 3 is 2.44 bits per heavy atom. The van der Waals surface area contributed by atoms with Crippen LogP contribution in [0.5, 0.6) is 0 Å². The number of carbonyl (C=O) groups is 3. The van der Waals surface area contributed by atoms with Gasteiger partial charge in [0.25, 0.3) is 0 Å². The molecule has 3 atom stereocenters. The van der Waals surface area contributed by atoms with E-state index < -0.39 is 5.54 Å². The zero-order valence-corrected chi connectivity index (χ0v) is 16.2. The highest BCUT2D eigenvalue weighted by atomic mass is 16.2. The van der Waals surface area contributed by atoms with Gasteiger partial charge in [0.05, 0.1) is 18.1 Å². The summed E-state index contributed by atoms with van der Waals surface area (Å²) in [6.07, 6.45) is 0.889. The summed E-state index contributed by atoms with van der Waals surface area (Å²) in [4.78, 5) is 40.3. The van der Waals surface area contributed by atoms with Gasteiger partial charge in [0.1, 0.15) is 0 Å². The monoisotopic (exact) mass is 372 g/mol. The van der Waals surface area contributed by atoms with Crippen molar-refractivity contribution in [2.24, 2.45) is 5.92 Å². The van der Waals surface area contributed by atoms with Gasteiger partial charge in [-0.25, -0.2) is 0 Å². The highest BCUT2D eigenvalue weighted by Gasteiger charge is 2.56. The molecule has 0 aromatic heterocycles. The van der Waals surface area contributed by atoms with Crippen molar-refractivity contribution < 1.29 is 14.4 Å². The molecule has 1 aromatic carbocycles. The molecule has 0 unspecified atom stereocenters. The lowest BCUT2D eigenvalue weighted by Crippen LogP contribution is -2.63. The Kier molecular flexibility index (Phi) is 5.51. The lowest BCUT2D eigenvalue weighted by atomic mass is 9.76. The molecule has 3 rings (SSSR count). The summed E-state index contributed by atoms with van der Waals surface area (Å²) in [5.41, 5.74) is 0.584. The van der Waals surface area contributed by atoms with Gasteiger partial charge in [-0.1, -0.05) is 30.3 Å². The summed E-state index contributed by atoms with van der Waals surface area (Å²) in [6, 6.07) is 9.85. The van der Waals surface area contributed by atoms with Crippen LogP contribution in [0.15, 0.2) is 30.3 Å². The first-order valence-corrected chi connectivity index (χ1v) is 9.38. The molecular formula is C20H28N4O3. The number of nitrogens with one attached hydrogen (secondary N) is 2. The van der Waals surface area contributed by atoms with Gasteiger partial charge in [0.15, 0.2) is 0 Å². The lowest BCUT2D eigenvalue weighted by molar-refractivity contribution is -0.133. The number of likely N-dealkylation sites (tertiary alicyclic amines) is 2. The average molecular weight is 372 g/mol. The number of piperidine rings is 1. The van der Waals surface area contributed by atoms with Gasteiger partial charge in [0.2, 0.25) is 17.7 Å². The zero-order valence-electron chi connectivity index (χ0n) is 16.2. The molecule has 0 saturated carbocycles. The normalized spacial score (nSPS) is 27.7. The predicted octanol–water partition coefficient (Wildman–Crippen LogP) is 0.533. The van der Waals surface area contributed by atoms with Crippen LogP contribution in [0.25, 0.3) is 0 Å². The van der Waals surface area contributed by atoms with Crippen LogP contribution in [0.1, 0.15) is 31.9 Å². The highest BCUT2D eigenvalue weighted by molar-refractivity contribution is 5.84. The molecular weight excluding hydrogens is 344 g/mol. The van der Waals surface area contributed by atoms with Crippen LogP contribution < -0.4 is 10.6 Å². The molecule has 0 bridgehead atoms. The van der Waals surface area contributed by atoms with Crippen molar-refractivity contribution in [3.05, 3.63) is 35.9 Å². The molecule has 0 spiro atoms. The molecule has 2 fully saturated rings. The Morgan fingerprint density at radius 1 is 1.11 bits per heavy atom. The molecule has 1 aromatic rings. The van der Waals surface area contributed by atoms with Crippen LogP contribution in [0.4, 0.5) is 0 Å². The third kappa shape index (κ3) is 3.98. The van der Waals surface area contributed by atoms with E-state index in [0.29, 0.717) is 13.1 Å². The molecule has 0 radical (unpaired) electrons. The number of hydrogen-bond donors (Lipinski definition) is 2. The van der Waals surface area contributed by atoms with Gasteiger partial charge in [-0.2, -0.15) is 0 Å². The second-order valence-electron chi connectivity index (χ2n) is 7.76. The quantitative estimate of drug-likeness (QED) is 0.808. The van der Waals surface area contributed by atoms with E-state index in [1.807, 2.05) is 42.3 Å². The third-order valence-electron chi connectivity index (χ3n) is 5.63. The number of likely N-dealkylation sites (N-methyl/N-ethyl adjacent to an activating group) is 1. The van der Waals surface area contributed by atoms with Crippen molar-refractivity contribution >= 4 is 17.7 Å². The molecule has 2 N–H and O–H groups in total. The topological polar surface area (TPSA) is 81.8 Å². The van der Waals surface area contributed by atoms with Crippen LogP contribution in [0, 0.1) is 5.92 Å². The van der Waals surface area contributed by atoms with Gasteiger partial charge in [-0.15, -0.1) is 0 Å². The number of fused-ring (bicyclic) bond motifs is 1. The summed E-state index contributed by atoms with van der Waals surface area (Å²) in [6.45, 7) is 4.96. The first kappa shape index (κ1) is 19.4. The largest absolute Gasteiger partial charge is 0.347 e. The minimum Gasteiger partial charge on any atom is -0.347 e. The number of hydrogen-bond acceptors (Lipinski definition) is 4. The molecule has 2 aliphatic rings. The first-order valence-electron chi connectivity index (χ1n) is 9.38.